The molecule has 184 valence electrons. The first-order valence-corrected chi connectivity index (χ1v) is 12.4. The fraction of sp³-hybridized carbons (Fsp3) is 0.296. The van der Waals surface area contributed by atoms with Gasteiger partial charge in [0.2, 0.25) is 0 Å². The molecule has 9 heteroatoms. The zero-order chi connectivity index (χ0) is 25.2. The standard InChI is InChI=1S/C27H26ClN5O3/c1-3-11-36-27(35)33-10-9-32(16-17(33)2)26(34)18-6-7-20-21(28)14-23(31-24(20)12-18)19-13-25-22(30-15-19)5-4-8-29-25/h4-8,12-15,17H,3,9-11,16H2,1-2H3/t17-/m0/s1. The molecule has 1 fully saturated rings. The number of fused-ring (bicyclic) bond motifs is 2. The zero-order valence-electron chi connectivity index (χ0n) is 20.1. The van der Waals surface area contributed by atoms with Crippen molar-refractivity contribution in [1.29, 1.82) is 0 Å². The molecule has 4 aromatic rings. The van der Waals surface area contributed by atoms with Crippen molar-refractivity contribution in [2.75, 3.05) is 26.2 Å². The molecule has 0 unspecified atom stereocenters. The van der Waals surface area contributed by atoms with Crippen molar-refractivity contribution in [2.24, 2.45) is 0 Å². The van der Waals surface area contributed by atoms with Gasteiger partial charge in [0.15, 0.2) is 0 Å². The van der Waals surface area contributed by atoms with Crippen LogP contribution in [0, 0.1) is 0 Å². The molecule has 0 aliphatic carbocycles. The van der Waals surface area contributed by atoms with Gasteiger partial charge in [-0.1, -0.05) is 24.6 Å². The van der Waals surface area contributed by atoms with E-state index in [0.717, 1.165) is 28.4 Å². The summed E-state index contributed by atoms with van der Waals surface area (Å²) in [5, 5.41) is 1.31. The fourth-order valence-electron chi connectivity index (χ4n) is 4.43. The first-order chi connectivity index (χ1) is 17.4. The Kier molecular flexibility index (Phi) is 6.69. The Hall–Kier alpha value is -3.78. The van der Waals surface area contributed by atoms with Crippen LogP contribution in [0.25, 0.3) is 33.2 Å². The van der Waals surface area contributed by atoms with Gasteiger partial charge in [0.25, 0.3) is 5.91 Å². The Morgan fingerprint density at radius 3 is 2.75 bits per heavy atom. The second-order valence-corrected chi connectivity index (χ2v) is 9.30. The van der Waals surface area contributed by atoms with Gasteiger partial charge in [-0.15, -0.1) is 0 Å². The van der Waals surface area contributed by atoms with Crippen LogP contribution in [0.2, 0.25) is 5.02 Å². The van der Waals surface area contributed by atoms with Crippen LogP contribution in [-0.4, -0.2) is 69.0 Å². The Bertz CT molecular complexity index is 1460. The number of carbonyl (C=O) groups is 2. The van der Waals surface area contributed by atoms with Crippen molar-refractivity contribution in [3.63, 3.8) is 0 Å². The van der Waals surface area contributed by atoms with E-state index >= 15 is 0 Å². The van der Waals surface area contributed by atoms with Gasteiger partial charge in [0, 0.05) is 54.6 Å². The molecule has 1 aliphatic heterocycles. The van der Waals surface area contributed by atoms with E-state index in [4.69, 9.17) is 21.3 Å². The van der Waals surface area contributed by atoms with Crippen molar-refractivity contribution in [1.82, 2.24) is 24.8 Å². The predicted molar refractivity (Wildman–Crippen MR) is 139 cm³/mol. The van der Waals surface area contributed by atoms with Crippen LogP contribution in [0.3, 0.4) is 0 Å². The third-order valence-electron chi connectivity index (χ3n) is 6.33. The number of amides is 2. The Labute approximate surface area is 213 Å². The number of nitrogens with zero attached hydrogens (tertiary/aromatic N) is 5. The van der Waals surface area contributed by atoms with Crippen molar-refractivity contribution >= 4 is 45.5 Å². The van der Waals surface area contributed by atoms with Crippen LogP contribution < -0.4 is 0 Å². The highest BCUT2D eigenvalue weighted by molar-refractivity contribution is 6.35. The lowest BCUT2D eigenvalue weighted by molar-refractivity contribution is 0.0412. The lowest BCUT2D eigenvalue weighted by Crippen LogP contribution is -2.55. The van der Waals surface area contributed by atoms with Crippen LogP contribution in [0.5, 0.6) is 0 Å². The number of hydrogen-bond acceptors (Lipinski definition) is 6. The maximum absolute atomic E-state index is 13.3. The molecule has 2 amide bonds. The summed E-state index contributed by atoms with van der Waals surface area (Å²) in [6.07, 6.45) is 3.91. The molecule has 0 radical (unpaired) electrons. The van der Waals surface area contributed by atoms with E-state index in [1.807, 2.05) is 38.1 Å². The second kappa shape index (κ2) is 10.1. The van der Waals surface area contributed by atoms with E-state index in [9.17, 15) is 9.59 Å². The number of carbonyl (C=O) groups excluding carboxylic acids is 2. The van der Waals surface area contributed by atoms with Crippen LogP contribution >= 0.6 is 11.6 Å². The van der Waals surface area contributed by atoms with Gasteiger partial charge >= 0.3 is 6.09 Å². The molecule has 1 aromatic carbocycles. The molecule has 3 aromatic heterocycles. The highest BCUT2D eigenvalue weighted by Gasteiger charge is 2.31. The molecule has 5 rings (SSSR count). The number of piperazine rings is 1. The predicted octanol–water partition coefficient (Wildman–Crippen LogP) is 5.19. The Balaban J connectivity index is 1.39. The highest BCUT2D eigenvalue weighted by Crippen LogP contribution is 2.30. The van der Waals surface area contributed by atoms with E-state index in [0.29, 0.717) is 48.0 Å². The minimum Gasteiger partial charge on any atom is -0.449 e. The molecule has 0 spiro atoms. The molecule has 0 N–H and O–H groups in total. The summed E-state index contributed by atoms with van der Waals surface area (Å²) in [6.45, 7) is 5.57. The van der Waals surface area contributed by atoms with Crippen LogP contribution in [0.4, 0.5) is 4.79 Å². The first kappa shape index (κ1) is 23.9. The highest BCUT2D eigenvalue weighted by atomic mass is 35.5. The van der Waals surface area contributed by atoms with Crippen LogP contribution in [0.15, 0.2) is 54.9 Å². The number of benzene rings is 1. The van der Waals surface area contributed by atoms with Gasteiger partial charge < -0.3 is 14.5 Å². The topological polar surface area (TPSA) is 88.5 Å². The fourth-order valence-corrected chi connectivity index (χ4v) is 4.69. The number of ether oxygens (including phenoxy) is 1. The number of aromatic nitrogens is 3. The number of hydrogen-bond donors (Lipinski definition) is 0. The smallest absolute Gasteiger partial charge is 0.410 e. The molecule has 0 bridgehead atoms. The van der Waals surface area contributed by atoms with Gasteiger partial charge in [0.05, 0.1) is 33.9 Å². The molecule has 4 heterocycles. The summed E-state index contributed by atoms with van der Waals surface area (Å²) in [4.78, 5) is 42.7. The third-order valence-corrected chi connectivity index (χ3v) is 6.64. The Morgan fingerprint density at radius 1 is 1.08 bits per heavy atom. The summed E-state index contributed by atoms with van der Waals surface area (Å²) in [5.74, 6) is -0.106. The number of rotatable bonds is 4. The maximum Gasteiger partial charge on any atom is 0.410 e. The minimum atomic E-state index is -0.327. The first-order valence-electron chi connectivity index (χ1n) is 12.0. The van der Waals surface area contributed by atoms with Crippen molar-refractivity contribution in [3.05, 3.63) is 65.4 Å². The summed E-state index contributed by atoms with van der Waals surface area (Å²) in [6, 6.07) is 12.7. The average Bonchev–Trinajstić information content (AvgIpc) is 2.90. The van der Waals surface area contributed by atoms with Crippen molar-refractivity contribution < 1.29 is 14.3 Å². The van der Waals surface area contributed by atoms with E-state index in [2.05, 4.69) is 9.97 Å². The van der Waals surface area contributed by atoms with E-state index in [1.54, 1.807) is 40.4 Å². The largest absolute Gasteiger partial charge is 0.449 e. The minimum absolute atomic E-state index is 0.106. The van der Waals surface area contributed by atoms with Gasteiger partial charge in [-0.25, -0.2) is 9.78 Å². The molecule has 0 saturated carbocycles. The third kappa shape index (κ3) is 4.68. The molecule has 8 nitrogen and oxygen atoms in total. The van der Waals surface area contributed by atoms with E-state index < -0.39 is 0 Å². The normalized spacial score (nSPS) is 15.9. The monoisotopic (exact) mass is 503 g/mol. The lowest BCUT2D eigenvalue weighted by Gasteiger charge is -2.39. The molecule has 1 saturated heterocycles. The molecule has 1 atom stereocenters. The van der Waals surface area contributed by atoms with Crippen LogP contribution in [0.1, 0.15) is 30.6 Å². The van der Waals surface area contributed by atoms with Gasteiger partial charge in [-0.05, 0) is 49.7 Å². The SMILES string of the molecule is CCCOC(=O)N1CCN(C(=O)c2ccc3c(Cl)cc(-c4cnc5cccnc5c4)nc3c2)C[C@@H]1C. The summed E-state index contributed by atoms with van der Waals surface area (Å²) in [7, 11) is 0. The van der Waals surface area contributed by atoms with E-state index in [-0.39, 0.29) is 18.0 Å². The van der Waals surface area contributed by atoms with Gasteiger partial charge in [-0.2, -0.15) is 0 Å². The summed E-state index contributed by atoms with van der Waals surface area (Å²) < 4.78 is 5.27. The van der Waals surface area contributed by atoms with Crippen molar-refractivity contribution in [3.8, 4) is 11.3 Å². The number of halogens is 1. The quantitative estimate of drug-likeness (QED) is 0.380. The lowest BCUT2D eigenvalue weighted by atomic mass is 10.1. The molecular formula is C27H26ClN5O3. The van der Waals surface area contributed by atoms with Gasteiger partial charge in [0.1, 0.15) is 0 Å². The second-order valence-electron chi connectivity index (χ2n) is 8.89. The average molecular weight is 504 g/mol. The van der Waals surface area contributed by atoms with Crippen LogP contribution in [-0.2, 0) is 4.74 Å². The molecule has 36 heavy (non-hydrogen) atoms. The maximum atomic E-state index is 13.3. The molecule has 1 aliphatic rings. The summed E-state index contributed by atoms with van der Waals surface area (Å²) in [5.41, 5.74) is 4.17. The summed E-state index contributed by atoms with van der Waals surface area (Å²) >= 11 is 6.59. The number of pyridine rings is 3. The van der Waals surface area contributed by atoms with Gasteiger partial charge in [-0.3, -0.25) is 14.8 Å². The zero-order valence-corrected chi connectivity index (χ0v) is 20.9. The Morgan fingerprint density at radius 2 is 1.94 bits per heavy atom. The molecular weight excluding hydrogens is 478 g/mol. The van der Waals surface area contributed by atoms with E-state index in [1.165, 1.54) is 0 Å². The van der Waals surface area contributed by atoms with Crippen molar-refractivity contribution in [2.45, 2.75) is 26.3 Å².